The van der Waals surface area contributed by atoms with Crippen molar-refractivity contribution in [1.29, 1.82) is 0 Å². The van der Waals surface area contributed by atoms with E-state index in [0.29, 0.717) is 16.2 Å². The molecule has 0 fully saturated rings. The van der Waals surface area contributed by atoms with Crippen molar-refractivity contribution in [1.82, 2.24) is 4.57 Å². The minimum atomic E-state index is -0.146. The van der Waals surface area contributed by atoms with Crippen molar-refractivity contribution < 1.29 is 4.79 Å². The summed E-state index contributed by atoms with van der Waals surface area (Å²) in [4.78, 5) is 17.2. The number of halogens is 1. The molecule has 3 rings (SSSR count). The van der Waals surface area contributed by atoms with Crippen molar-refractivity contribution in [3.05, 3.63) is 63.4 Å². The molecule has 0 aliphatic rings. The maximum absolute atomic E-state index is 12.2. The first-order valence-electron chi connectivity index (χ1n) is 7.48. The van der Waals surface area contributed by atoms with E-state index in [1.165, 1.54) is 16.9 Å². The molecule has 0 N–H and O–H groups in total. The van der Waals surface area contributed by atoms with Crippen molar-refractivity contribution in [2.45, 2.75) is 19.8 Å². The first kappa shape index (κ1) is 16.0. The Labute approximate surface area is 143 Å². The Morgan fingerprint density at radius 2 is 1.87 bits per heavy atom. The Hall–Kier alpha value is -1.91. The summed E-state index contributed by atoms with van der Waals surface area (Å²) < 4.78 is 2.90. The molecule has 118 valence electrons. The fourth-order valence-electron chi connectivity index (χ4n) is 2.48. The van der Waals surface area contributed by atoms with E-state index in [9.17, 15) is 4.79 Å². The fraction of sp³-hybridized carbons (Fsp3) is 0.222. The van der Waals surface area contributed by atoms with Crippen molar-refractivity contribution in [3.63, 3.8) is 0 Å². The van der Waals surface area contributed by atoms with Crippen molar-refractivity contribution in [2.75, 3.05) is 0 Å². The summed E-state index contributed by atoms with van der Waals surface area (Å²) in [5.41, 5.74) is 3.17. The van der Waals surface area contributed by atoms with Gasteiger partial charge in [0.1, 0.15) is 0 Å². The number of aryl methyl sites for hydroxylation is 2. The van der Waals surface area contributed by atoms with Crippen LogP contribution in [0.3, 0.4) is 0 Å². The third-order valence-electron chi connectivity index (χ3n) is 3.78. The lowest BCUT2D eigenvalue weighted by atomic mass is 10.1. The molecule has 0 saturated carbocycles. The lowest BCUT2D eigenvalue weighted by Gasteiger charge is -2.00. The number of hydrogen-bond donors (Lipinski definition) is 0. The third kappa shape index (κ3) is 3.38. The van der Waals surface area contributed by atoms with E-state index < -0.39 is 0 Å². The van der Waals surface area contributed by atoms with Crippen LogP contribution in [0.4, 0.5) is 0 Å². The molecule has 0 bridgehead atoms. The first-order valence-corrected chi connectivity index (χ1v) is 8.67. The molecule has 0 unspecified atom stereocenters. The van der Waals surface area contributed by atoms with Crippen LogP contribution in [0.1, 0.15) is 18.1 Å². The number of para-hydroxylation sites is 1. The average molecular weight is 345 g/mol. The number of benzene rings is 2. The predicted octanol–water partition coefficient (Wildman–Crippen LogP) is 4.13. The number of carbonyl (C=O) groups excluding carboxylic acids is 1. The van der Waals surface area contributed by atoms with E-state index >= 15 is 0 Å². The second-order valence-electron chi connectivity index (χ2n) is 5.38. The summed E-state index contributed by atoms with van der Waals surface area (Å²) in [6.07, 6.45) is 1.31. The number of rotatable bonds is 3. The van der Waals surface area contributed by atoms with Crippen LogP contribution < -0.4 is 4.80 Å². The van der Waals surface area contributed by atoms with Gasteiger partial charge < -0.3 is 4.57 Å². The highest BCUT2D eigenvalue weighted by atomic mass is 35.5. The summed E-state index contributed by atoms with van der Waals surface area (Å²) in [5, 5.41) is 0.672. The highest BCUT2D eigenvalue weighted by molar-refractivity contribution is 7.16. The molecule has 2 aromatic carbocycles. The molecular formula is C18H17ClN2OS. The molecule has 1 amide bonds. The van der Waals surface area contributed by atoms with Crippen LogP contribution in [-0.2, 0) is 24.7 Å². The van der Waals surface area contributed by atoms with Gasteiger partial charge in [-0.05, 0) is 29.7 Å². The van der Waals surface area contributed by atoms with Gasteiger partial charge in [0.15, 0.2) is 4.80 Å². The highest BCUT2D eigenvalue weighted by Gasteiger charge is 2.08. The Morgan fingerprint density at radius 3 is 2.52 bits per heavy atom. The zero-order valence-electron chi connectivity index (χ0n) is 13.0. The number of fused-ring (bicyclic) bond motifs is 1. The lowest BCUT2D eigenvalue weighted by Crippen LogP contribution is -2.14. The number of thiazole rings is 1. The maximum Gasteiger partial charge on any atom is 0.252 e. The molecule has 0 atom stereocenters. The minimum absolute atomic E-state index is 0.146. The predicted molar refractivity (Wildman–Crippen MR) is 95.9 cm³/mol. The largest absolute Gasteiger partial charge is 0.318 e. The van der Waals surface area contributed by atoms with Gasteiger partial charge >= 0.3 is 0 Å². The van der Waals surface area contributed by atoms with E-state index in [0.717, 1.165) is 22.2 Å². The van der Waals surface area contributed by atoms with Crippen LogP contribution >= 0.6 is 22.9 Å². The number of aromatic nitrogens is 1. The summed E-state index contributed by atoms with van der Waals surface area (Å²) >= 11 is 7.70. The molecule has 3 aromatic rings. The molecule has 0 spiro atoms. The van der Waals surface area contributed by atoms with Gasteiger partial charge in [0.05, 0.1) is 21.7 Å². The summed E-state index contributed by atoms with van der Waals surface area (Å²) in [6, 6.07) is 13.8. The zero-order valence-corrected chi connectivity index (χ0v) is 14.6. The third-order valence-corrected chi connectivity index (χ3v) is 5.18. The van der Waals surface area contributed by atoms with E-state index in [1.807, 2.05) is 41.9 Å². The molecule has 1 heterocycles. The topological polar surface area (TPSA) is 34.4 Å². The van der Waals surface area contributed by atoms with Gasteiger partial charge in [0.2, 0.25) is 0 Å². The smallest absolute Gasteiger partial charge is 0.252 e. The molecular weight excluding hydrogens is 328 g/mol. The van der Waals surface area contributed by atoms with Crippen molar-refractivity contribution in [2.24, 2.45) is 12.0 Å². The van der Waals surface area contributed by atoms with Gasteiger partial charge in [0, 0.05) is 7.05 Å². The molecule has 23 heavy (non-hydrogen) atoms. The van der Waals surface area contributed by atoms with E-state index in [-0.39, 0.29) is 5.91 Å². The van der Waals surface area contributed by atoms with E-state index in [2.05, 4.69) is 24.0 Å². The van der Waals surface area contributed by atoms with E-state index in [4.69, 9.17) is 11.6 Å². The number of carbonyl (C=O) groups is 1. The van der Waals surface area contributed by atoms with Gasteiger partial charge in [-0.15, -0.1) is 0 Å². The quantitative estimate of drug-likeness (QED) is 0.703. The Morgan fingerprint density at radius 1 is 1.17 bits per heavy atom. The van der Waals surface area contributed by atoms with Crippen LogP contribution in [0.5, 0.6) is 0 Å². The Balaban J connectivity index is 1.90. The normalized spacial score (nSPS) is 12.0. The maximum atomic E-state index is 12.2. The minimum Gasteiger partial charge on any atom is -0.318 e. The molecule has 3 nitrogen and oxygen atoms in total. The van der Waals surface area contributed by atoms with Crippen molar-refractivity contribution >= 4 is 39.1 Å². The highest BCUT2D eigenvalue weighted by Crippen LogP contribution is 2.24. The zero-order chi connectivity index (χ0) is 16.4. The Bertz CT molecular complexity index is 922. The summed E-state index contributed by atoms with van der Waals surface area (Å²) in [5.74, 6) is -0.146. The van der Waals surface area contributed by atoms with Crippen LogP contribution in [0.2, 0.25) is 5.02 Å². The number of nitrogens with zero attached hydrogens (tertiary/aromatic N) is 2. The summed E-state index contributed by atoms with van der Waals surface area (Å²) in [6.45, 7) is 2.11. The van der Waals surface area contributed by atoms with Crippen LogP contribution in [-0.4, -0.2) is 10.5 Å². The second-order valence-corrected chi connectivity index (χ2v) is 6.80. The first-order chi connectivity index (χ1) is 11.1. The fourth-order valence-corrected chi connectivity index (χ4v) is 3.90. The second kappa shape index (κ2) is 6.69. The number of amides is 1. The van der Waals surface area contributed by atoms with E-state index in [1.54, 1.807) is 0 Å². The van der Waals surface area contributed by atoms with Crippen LogP contribution in [0.15, 0.2) is 47.5 Å². The average Bonchev–Trinajstić information content (AvgIpc) is 2.85. The Kier molecular flexibility index (Phi) is 4.64. The summed E-state index contributed by atoms with van der Waals surface area (Å²) in [7, 11) is 1.88. The number of hydrogen-bond acceptors (Lipinski definition) is 2. The lowest BCUT2D eigenvalue weighted by molar-refractivity contribution is -0.117. The molecule has 0 aliphatic carbocycles. The molecule has 0 aliphatic heterocycles. The van der Waals surface area contributed by atoms with Crippen LogP contribution in [0, 0.1) is 0 Å². The van der Waals surface area contributed by atoms with Gasteiger partial charge in [-0.2, -0.15) is 4.99 Å². The van der Waals surface area contributed by atoms with Crippen LogP contribution in [0.25, 0.3) is 10.2 Å². The SMILES string of the molecule is CCc1ccc(CC(=O)N=c2sc3cccc(Cl)c3n2C)cc1. The van der Waals surface area contributed by atoms with Gasteiger partial charge in [-0.25, -0.2) is 0 Å². The molecule has 5 heteroatoms. The molecule has 1 aromatic heterocycles. The monoisotopic (exact) mass is 344 g/mol. The van der Waals surface area contributed by atoms with Crippen molar-refractivity contribution in [3.8, 4) is 0 Å². The molecule has 0 radical (unpaired) electrons. The van der Waals surface area contributed by atoms with Gasteiger partial charge in [-0.3, -0.25) is 4.79 Å². The standard InChI is InChI=1S/C18H17ClN2OS/c1-3-12-7-9-13(10-8-12)11-16(22)20-18-21(2)17-14(19)5-4-6-15(17)23-18/h4-10H,3,11H2,1-2H3. The van der Waals surface area contributed by atoms with Gasteiger partial charge in [0.25, 0.3) is 5.91 Å². The molecule has 0 saturated heterocycles. The van der Waals surface area contributed by atoms with Gasteiger partial charge in [-0.1, -0.05) is 60.2 Å².